The van der Waals surface area contributed by atoms with E-state index >= 15 is 0 Å². The Morgan fingerprint density at radius 3 is 2.19 bits per heavy atom. The molecule has 0 aliphatic heterocycles. The van der Waals surface area contributed by atoms with E-state index in [1.165, 1.54) is 24.4 Å². The summed E-state index contributed by atoms with van der Waals surface area (Å²) in [5.41, 5.74) is 1.83. The lowest BCUT2D eigenvalue weighted by Gasteiger charge is -2.10. The van der Waals surface area contributed by atoms with Crippen molar-refractivity contribution in [2.45, 2.75) is 13.1 Å². The number of halogens is 3. The summed E-state index contributed by atoms with van der Waals surface area (Å²) < 4.78 is 37.8. The molecule has 0 radical (unpaired) electrons. The number of hydrogen-bond acceptors (Lipinski definition) is 3. The molecular weight excluding hydrogens is 355 g/mol. The highest BCUT2D eigenvalue weighted by atomic mass is 19.4. The Morgan fingerprint density at radius 1 is 0.926 bits per heavy atom. The summed E-state index contributed by atoms with van der Waals surface area (Å²) in [4.78, 5) is 16.5. The van der Waals surface area contributed by atoms with Gasteiger partial charge in [0.05, 0.1) is 5.56 Å². The Bertz CT molecular complexity index is 936. The normalized spacial score (nSPS) is 11.1. The van der Waals surface area contributed by atoms with Gasteiger partial charge in [-0.15, -0.1) is 0 Å². The zero-order valence-electron chi connectivity index (χ0n) is 14.3. The van der Waals surface area contributed by atoms with Gasteiger partial charge in [-0.1, -0.05) is 17.7 Å². The lowest BCUT2D eigenvalue weighted by molar-refractivity contribution is -0.137. The second-order valence-corrected chi connectivity index (χ2v) is 5.95. The van der Waals surface area contributed by atoms with Crippen molar-refractivity contribution >= 4 is 23.1 Å². The van der Waals surface area contributed by atoms with Gasteiger partial charge in [-0.2, -0.15) is 13.2 Å². The summed E-state index contributed by atoms with van der Waals surface area (Å²) in [7, 11) is 0. The molecule has 7 heteroatoms. The topological polar surface area (TPSA) is 54.0 Å². The molecule has 27 heavy (non-hydrogen) atoms. The fourth-order valence-corrected chi connectivity index (χ4v) is 2.37. The molecule has 0 fully saturated rings. The third-order valence-electron chi connectivity index (χ3n) is 3.82. The van der Waals surface area contributed by atoms with E-state index in [0.29, 0.717) is 22.8 Å². The van der Waals surface area contributed by atoms with E-state index in [-0.39, 0.29) is 5.91 Å². The molecule has 0 bridgehead atoms. The molecule has 4 nitrogen and oxygen atoms in total. The van der Waals surface area contributed by atoms with Crippen LogP contribution in [0.25, 0.3) is 0 Å². The van der Waals surface area contributed by atoms with Crippen molar-refractivity contribution in [1.29, 1.82) is 0 Å². The third kappa shape index (κ3) is 4.84. The summed E-state index contributed by atoms with van der Waals surface area (Å²) in [5, 5.41) is 5.67. The van der Waals surface area contributed by atoms with Crippen LogP contribution in [0.3, 0.4) is 0 Å². The molecule has 0 atom stereocenters. The first-order chi connectivity index (χ1) is 12.8. The molecule has 0 saturated carbocycles. The molecule has 2 aromatic carbocycles. The summed E-state index contributed by atoms with van der Waals surface area (Å²) >= 11 is 0. The van der Waals surface area contributed by atoms with Gasteiger partial charge in [0, 0.05) is 23.1 Å². The van der Waals surface area contributed by atoms with E-state index in [0.717, 1.165) is 17.7 Å². The van der Waals surface area contributed by atoms with Gasteiger partial charge >= 0.3 is 6.18 Å². The van der Waals surface area contributed by atoms with Crippen molar-refractivity contribution in [3.8, 4) is 0 Å². The number of nitrogens with one attached hydrogen (secondary N) is 2. The molecule has 0 unspecified atom stereocenters. The van der Waals surface area contributed by atoms with Crippen LogP contribution < -0.4 is 10.6 Å². The fourth-order valence-electron chi connectivity index (χ4n) is 2.37. The smallest absolute Gasteiger partial charge is 0.340 e. The number of rotatable bonds is 4. The van der Waals surface area contributed by atoms with Crippen LogP contribution in [0.2, 0.25) is 0 Å². The first kappa shape index (κ1) is 18.4. The number of benzene rings is 2. The number of alkyl halides is 3. The number of carbonyl (C=O) groups excluding carboxylic acids is 1. The molecule has 3 aromatic rings. The number of pyridine rings is 1. The first-order valence-corrected chi connectivity index (χ1v) is 8.09. The zero-order valence-corrected chi connectivity index (χ0v) is 14.3. The molecule has 138 valence electrons. The van der Waals surface area contributed by atoms with Crippen LogP contribution in [0, 0.1) is 6.92 Å². The Hall–Kier alpha value is -3.35. The van der Waals surface area contributed by atoms with E-state index in [2.05, 4.69) is 15.6 Å². The summed E-state index contributed by atoms with van der Waals surface area (Å²) in [6, 6.07) is 15.0. The Balaban J connectivity index is 1.71. The minimum absolute atomic E-state index is 0.309. The van der Waals surface area contributed by atoms with Gasteiger partial charge in [-0.3, -0.25) is 4.79 Å². The monoisotopic (exact) mass is 371 g/mol. The molecule has 3 rings (SSSR count). The number of hydrogen-bond donors (Lipinski definition) is 2. The molecule has 1 aromatic heterocycles. The van der Waals surface area contributed by atoms with Crippen LogP contribution in [0.4, 0.5) is 30.4 Å². The van der Waals surface area contributed by atoms with Crippen LogP contribution in [0.5, 0.6) is 0 Å². The SMILES string of the molecule is Cc1ccc(NC(=O)c2ccnc(Nc3ccc(C(F)(F)F)cc3)c2)cc1. The number of amides is 1. The maximum absolute atomic E-state index is 12.6. The molecule has 0 spiro atoms. The summed E-state index contributed by atoms with van der Waals surface area (Å²) in [5.74, 6) is 0.0445. The van der Waals surface area contributed by atoms with Crippen molar-refractivity contribution in [3.63, 3.8) is 0 Å². The molecule has 0 saturated heterocycles. The molecule has 1 amide bonds. The van der Waals surface area contributed by atoms with Crippen LogP contribution >= 0.6 is 0 Å². The number of anilines is 3. The van der Waals surface area contributed by atoms with E-state index < -0.39 is 11.7 Å². The Morgan fingerprint density at radius 2 is 1.56 bits per heavy atom. The van der Waals surface area contributed by atoms with Gasteiger partial charge in [0.15, 0.2) is 0 Å². The standard InChI is InChI=1S/C20H16F3N3O/c1-13-2-6-17(7-3-13)26-19(27)14-10-11-24-18(12-14)25-16-8-4-15(5-9-16)20(21,22)23/h2-12H,1H3,(H,24,25)(H,26,27). The maximum Gasteiger partial charge on any atom is 0.416 e. The van der Waals surface area contributed by atoms with Crippen molar-refractivity contribution in [1.82, 2.24) is 4.98 Å². The second kappa shape index (κ2) is 7.49. The maximum atomic E-state index is 12.6. The van der Waals surface area contributed by atoms with Crippen molar-refractivity contribution in [2.24, 2.45) is 0 Å². The zero-order chi connectivity index (χ0) is 19.4. The summed E-state index contributed by atoms with van der Waals surface area (Å²) in [6.07, 6.45) is -2.93. The minimum atomic E-state index is -4.38. The van der Waals surface area contributed by atoms with Crippen LogP contribution in [-0.4, -0.2) is 10.9 Å². The molecule has 0 aliphatic carbocycles. The number of aromatic nitrogens is 1. The molecular formula is C20H16F3N3O. The minimum Gasteiger partial charge on any atom is -0.340 e. The lowest BCUT2D eigenvalue weighted by Crippen LogP contribution is -2.12. The van der Waals surface area contributed by atoms with Gasteiger partial charge in [0.25, 0.3) is 5.91 Å². The van der Waals surface area contributed by atoms with Crippen molar-refractivity contribution in [2.75, 3.05) is 10.6 Å². The quantitative estimate of drug-likeness (QED) is 0.645. The average Bonchev–Trinajstić information content (AvgIpc) is 2.63. The number of carbonyl (C=O) groups is 1. The van der Waals surface area contributed by atoms with Crippen molar-refractivity contribution in [3.05, 3.63) is 83.6 Å². The first-order valence-electron chi connectivity index (χ1n) is 8.09. The largest absolute Gasteiger partial charge is 0.416 e. The number of aryl methyl sites for hydroxylation is 1. The second-order valence-electron chi connectivity index (χ2n) is 5.95. The van der Waals surface area contributed by atoms with Crippen LogP contribution in [-0.2, 0) is 6.18 Å². The van der Waals surface area contributed by atoms with E-state index in [1.54, 1.807) is 18.2 Å². The van der Waals surface area contributed by atoms with E-state index in [9.17, 15) is 18.0 Å². The average molecular weight is 371 g/mol. The van der Waals surface area contributed by atoms with E-state index in [1.807, 2.05) is 19.1 Å². The Labute approximate surface area is 154 Å². The van der Waals surface area contributed by atoms with Crippen molar-refractivity contribution < 1.29 is 18.0 Å². The van der Waals surface area contributed by atoms with Gasteiger partial charge in [0.1, 0.15) is 5.82 Å². The highest BCUT2D eigenvalue weighted by molar-refractivity contribution is 6.04. The fraction of sp³-hybridized carbons (Fsp3) is 0.100. The highest BCUT2D eigenvalue weighted by Crippen LogP contribution is 2.30. The Kier molecular flexibility index (Phi) is 5.12. The lowest BCUT2D eigenvalue weighted by atomic mass is 10.2. The molecule has 0 aliphatic rings. The van der Waals surface area contributed by atoms with Gasteiger partial charge < -0.3 is 10.6 Å². The van der Waals surface area contributed by atoms with Crippen LogP contribution in [0.15, 0.2) is 66.9 Å². The summed E-state index contributed by atoms with van der Waals surface area (Å²) in [6.45, 7) is 1.95. The molecule has 1 heterocycles. The van der Waals surface area contributed by atoms with Gasteiger partial charge in [0.2, 0.25) is 0 Å². The predicted molar refractivity (Wildman–Crippen MR) is 98.1 cm³/mol. The number of nitrogens with zero attached hydrogens (tertiary/aromatic N) is 1. The van der Waals surface area contributed by atoms with Gasteiger partial charge in [-0.25, -0.2) is 4.98 Å². The van der Waals surface area contributed by atoms with Gasteiger partial charge in [-0.05, 0) is 55.5 Å². The highest BCUT2D eigenvalue weighted by Gasteiger charge is 2.29. The molecule has 2 N–H and O–H groups in total. The van der Waals surface area contributed by atoms with E-state index in [4.69, 9.17) is 0 Å². The third-order valence-corrected chi connectivity index (χ3v) is 3.82. The van der Waals surface area contributed by atoms with Crippen LogP contribution in [0.1, 0.15) is 21.5 Å². The predicted octanol–water partition coefficient (Wildman–Crippen LogP) is 5.40.